The van der Waals surface area contributed by atoms with Crippen molar-refractivity contribution in [3.8, 4) is 0 Å². The van der Waals surface area contributed by atoms with E-state index in [2.05, 4.69) is 5.32 Å². The first-order valence-corrected chi connectivity index (χ1v) is 5.35. The normalized spacial score (nSPS) is 24.6. The van der Waals surface area contributed by atoms with Crippen molar-refractivity contribution in [2.24, 2.45) is 0 Å². The van der Waals surface area contributed by atoms with E-state index in [-0.39, 0.29) is 6.09 Å². The molecule has 1 unspecified atom stereocenters. The van der Waals surface area contributed by atoms with Crippen LogP contribution in [-0.2, 0) is 4.74 Å². The molecule has 0 saturated carbocycles. The summed E-state index contributed by atoms with van der Waals surface area (Å²) in [5.41, 5.74) is 0.439. The molecule has 2 rings (SSSR count). The van der Waals surface area contributed by atoms with Gasteiger partial charge in [-0.1, -0.05) is 18.2 Å². The van der Waals surface area contributed by atoms with Gasteiger partial charge in [-0.3, -0.25) is 4.90 Å². The summed E-state index contributed by atoms with van der Waals surface area (Å²) in [6.45, 7) is 3.17. The highest BCUT2D eigenvalue weighted by Gasteiger charge is 2.41. The van der Waals surface area contributed by atoms with E-state index in [9.17, 15) is 4.79 Å². The second kappa shape index (κ2) is 4.14. The number of nitrogens with one attached hydrogen (secondary N) is 1. The molecule has 1 amide bonds. The van der Waals surface area contributed by atoms with E-state index >= 15 is 0 Å². The summed E-state index contributed by atoms with van der Waals surface area (Å²) in [6.07, 6.45) is -0.274. The van der Waals surface area contributed by atoms with Gasteiger partial charge in [0.1, 0.15) is 5.60 Å². The quantitative estimate of drug-likeness (QED) is 0.841. The lowest BCUT2D eigenvalue weighted by atomic mass is 10.1. The van der Waals surface area contributed by atoms with Crippen LogP contribution in [0.4, 0.5) is 10.5 Å². The van der Waals surface area contributed by atoms with E-state index in [1.54, 1.807) is 4.90 Å². The van der Waals surface area contributed by atoms with Gasteiger partial charge in [0.2, 0.25) is 0 Å². The van der Waals surface area contributed by atoms with Crippen molar-refractivity contribution in [2.45, 2.75) is 12.5 Å². The van der Waals surface area contributed by atoms with Gasteiger partial charge in [-0.15, -0.1) is 0 Å². The molecule has 16 heavy (non-hydrogen) atoms. The molecule has 1 atom stereocenters. The van der Waals surface area contributed by atoms with Crippen LogP contribution < -0.4 is 10.2 Å². The van der Waals surface area contributed by atoms with Crippen molar-refractivity contribution >= 4 is 11.8 Å². The van der Waals surface area contributed by atoms with Crippen molar-refractivity contribution in [1.29, 1.82) is 0 Å². The number of para-hydroxylation sites is 1. The maximum absolute atomic E-state index is 11.7. The third-order valence-electron chi connectivity index (χ3n) is 2.67. The molecule has 1 aliphatic rings. The second-order valence-corrected chi connectivity index (χ2v) is 4.27. The smallest absolute Gasteiger partial charge is 0.415 e. The summed E-state index contributed by atoms with van der Waals surface area (Å²) < 4.78 is 5.38. The Bertz CT molecular complexity index is 380. The van der Waals surface area contributed by atoms with Crippen molar-refractivity contribution in [1.82, 2.24) is 5.32 Å². The molecular weight excluding hydrogens is 204 g/mol. The van der Waals surface area contributed by atoms with E-state index in [0.717, 1.165) is 5.69 Å². The molecule has 0 aromatic heterocycles. The van der Waals surface area contributed by atoms with Crippen molar-refractivity contribution < 1.29 is 9.53 Å². The largest absolute Gasteiger partial charge is 0.440 e. The predicted molar refractivity (Wildman–Crippen MR) is 62.6 cm³/mol. The Morgan fingerprint density at radius 2 is 2.12 bits per heavy atom. The topological polar surface area (TPSA) is 41.6 Å². The summed E-state index contributed by atoms with van der Waals surface area (Å²) in [5, 5.41) is 3.04. The molecule has 4 nitrogen and oxygen atoms in total. The average Bonchev–Trinajstić information content (AvgIpc) is 2.56. The Morgan fingerprint density at radius 1 is 1.44 bits per heavy atom. The Labute approximate surface area is 95.2 Å². The molecule has 0 spiro atoms. The number of hydrogen-bond donors (Lipinski definition) is 1. The number of likely N-dealkylation sites (N-methyl/N-ethyl adjacent to an activating group) is 1. The molecule has 4 heteroatoms. The Kier molecular flexibility index (Phi) is 2.83. The van der Waals surface area contributed by atoms with Crippen molar-refractivity contribution in [3.05, 3.63) is 30.3 Å². The number of rotatable bonds is 3. The van der Waals surface area contributed by atoms with Crippen LogP contribution in [0.3, 0.4) is 0 Å². The molecule has 1 aliphatic heterocycles. The number of hydrogen-bond acceptors (Lipinski definition) is 3. The van der Waals surface area contributed by atoms with Crippen molar-refractivity contribution in [3.63, 3.8) is 0 Å². The SMILES string of the molecule is CNCC1(C)CN(c2ccccc2)C(=O)O1. The number of benzene rings is 1. The summed E-state index contributed by atoms with van der Waals surface area (Å²) >= 11 is 0. The molecule has 1 heterocycles. The standard InChI is InChI=1S/C12H16N2O2/c1-12(8-13-2)9-14(11(15)16-12)10-6-4-3-5-7-10/h3-7,13H,8-9H2,1-2H3. The van der Waals surface area contributed by atoms with Crippen LogP contribution >= 0.6 is 0 Å². The molecule has 1 saturated heterocycles. The third kappa shape index (κ3) is 2.02. The van der Waals surface area contributed by atoms with Crippen LogP contribution in [-0.4, -0.2) is 31.8 Å². The summed E-state index contributed by atoms with van der Waals surface area (Å²) in [6, 6.07) is 9.57. The van der Waals surface area contributed by atoms with E-state index in [1.165, 1.54) is 0 Å². The average molecular weight is 220 g/mol. The first-order chi connectivity index (χ1) is 7.64. The number of carbonyl (C=O) groups is 1. The predicted octanol–water partition coefficient (Wildman–Crippen LogP) is 1.62. The fourth-order valence-corrected chi connectivity index (χ4v) is 1.97. The molecule has 1 aromatic rings. The van der Waals surface area contributed by atoms with Gasteiger partial charge in [-0.25, -0.2) is 4.79 Å². The van der Waals surface area contributed by atoms with E-state index in [1.807, 2.05) is 44.3 Å². The Morgan fingerprint density at radius 3 is 2.75 bits per heavy atom. The Balaban J connectivity index is 2.17. The van der Waals surface area contributed by atoms with Crippen LogP contribution in [0.5, 0.6) is 0 Å². The molecule has 1 N–H and O–H groups in total. The highest BCUT2D eigenvalue weighted by atomic mass is 16.6. The summed E-state index contributed by atoms with van der Waals surface area (Å²) in [4.78, 5) is 13.4. The van der Waals surface area contributed by atoms with Gasteiger partial charge in [0.05, 0.1) is 6.54 Å². The minimum Gasteiger partial charge on any atom is -0.440 e. The zero-order valence-electron chi connectivity index (χ0n) is 9.56. The van der Waals surface area contributed by atoms with Crippen molar-refractivity contribution in [2.75, 3.05) is 25.0 Å². The number of ether oxygens (including phenoxy) is 1. The fraction of sp³-hybridized carbons (Fsp3) is 0.417. The highest BCUT2D eigenvalue weighted by Crippen LogP contribution is 2.27. The molecule has 0 radical (unpaired) electrons. The number of carbonyl (C=O) groups excluding carboxylic acids is 1. The van der Waals surface area contributed by atoms with Crippen LogP contribution in [0.2, 0.25) is 0 Å². The zero-order valence-corrected chi connectivity index (χ0v) is 9.56. The van der Waals surface area contributed by atoms with E-state index < -0.39 is 5.60 Å². The monoisotopic (exact) mass is 220 g/mol. The van der Waals surface area contributed by atoms with Gasteiger partial charge in [0.15, 0.2) is 0 Å². The summed E-state index contributed by atoms with van der Waals surface area (Å²) in [7, 11) is 1.85. The lowest BCUT2D eigenvalue weighted by Crippen LogP contribution is -2.40. The first-order valence-electron chi connectivity index (χ1n) is 5.35. The molecular formula is C12H16N2O2. The molecule has 86 valence electrons. The van der Waals surface area contributed by atoms with Crippen LogP contribution in [0.25, 0.3) is 0 Å². The van der Waals surface area contributed by atoms with Gasteiger partial charge >= 0.3 is 6.09 Å². The minimum absolute atomic E-state index is 0.274. The third-order valence-corrected chi connectivity index (χ3v) is 2.67. The van der Waals surface area contributed by atoms with E-state index in [0.29, 0.717) is 13.1 Å². The minimum atomic E-state index is -0.443. The van der Waals surface area contributed by atoms with Crippen LogP contribution in [0.1, 0.15) is 6.92 Å². The number of nitrogens with zero attached hydrogens (tertiary/aromatic N) is 1. The molecule has 1 aromatic carbocycles. The number of cyclic esters (lactones) is 1. The van der Waals surface area contributed by atoms with Gasteiger partial charge in [0, 0.05) is 12.2 Å². The number of amides is 1. The zero-order chi connectivity index (χ0) is 11.6. The van der Waals surface area contributed by atoms with Gasteiger partial charge in [-0.05, 0) is 26.1 Å². The second-order valence-electron chi connectivity index (χ2n) is 4.27. The van der Waals surface area contributed by atoms with Gasteiger partial charge < -0.3 is 10.1 Å². The maximum atomic E-state index is 11.7. The van der Waals surface area contributed by atoms with E-state index in [4.69, 9.17) is 4.74 Å². The molecule has 0 bridgehead atoms. The maximum Gasteiger partial charge on any atom is 0.415 e. The highest BCUT2D eigenvalue weighted by molar-refractivity contribution is 5.90. The summed E-state index contributed by atoms with van der Waals surface area (Å²) in [5.74, 6) is 0. The van der Waals surface area contributed by atoms with Gasteiger partial charge in [0.25, 0.3) is 0 Å². The first kappa shape index (κ1) is 11.0. The molecule has 1 fully saturated rings. The van der Waals surface area contributed by atoms with Crippen LogP contribution in [0.15, 0.2) is 30.3 Å². The molecule has 0 aliphatic carbocycles. The van der Waals surface area contributed by atoms with Crippen LogP contribution in [0, 0.1) is 0 Å². The Hall–Kier alpha value is -1.55. The lowest BCUT2D eigenvalue weighted by Gasteiger charge is -2.20. The lowest BCUT2D eigenvalue weighted by molar-refractivity contribution is 0.0734. The fourth-order valence-electron chi connectivity index (χ4n) is 1.97. The van der Waals surface area contributed by atoms with Gasteiger partial charge in [-0.2, -0.15) is 0 Å². The number of anilines is 1.